The highest BCUT2D eigenvalue weighted by atomic mass is 16.5. The Bertz CT molecular complexity index is 1460. The van der Waals surface area contributed by atoms with E-state index in [1.54, 1.807) is 30.2 Å². The average Bonchev–Trinajstić information content (AvgIpc) is 3.73. The third kappa shape index (κ3) is 6.08. The second kappa shape index (κ2) is 11.6. The van der Waals surface area contributed by atoms with Gasteiger partial charge in [0.1, 0.15) is 18.0 Å². The molecular weight excluding hydrogens is 490 g/mol. The molecule has 1 saturated carbocycles. The highest BCUT2D eigenvalue weighted by Crippen LogP contribution is 2.32. The fourth-order valence-corrected chi connectivity index (χ4v) is 4.93. The summed E-state index contributed by atoms with van der Waals surface area (Å²) in [5.41, 5.74) is 4.93. The molecular formula is C32H35N3O4. The molecule has 39 heavy (non-hydrogen) atoms. The summed E-state index contributed by atoms with van der Waals surface area (Å²) in [5, 5.41) is 1.17. The molecule has 1 heterocycles. The zero-order chi connectivity index (χ0) is 27.4. The number of rotatable bonds is 11. The van der Waals surface area contributed by atoms with Crippen LogP contribution in [0, 0.1) is 6.92 Å². The van der Waals surface area contributed by atoms with Gasteiger partial charge in [-0.3, -0.25) is 9.59 Å². The Balaban J connectivity index is 1.37. The van der Waals surface area contributed by atoms with Gasteiger partial charge in [-0.1, -0.05) is 48.0 Å². The maximum absolute atomic E-state index is 13.8. The van der Waals surface area contributed by atoms with Crippen LogP contribution < -0.4 is 9.47 Å². The molecule has 0 unspecified atom stereocenters. The van der Waals surface area contributed by atoms with E-state index >= 15 is 0 Å². The third-order valence-corrected chi connectivity index (χ3v) is 7.37. The molecule has 3 aromatic carbocycles. The van der Waals surface area contributed by atoms with Crippen LogP contribution in [0.15, 0.2) is 72.9 Å². The number of aromatic nitrogens is 1. The van der Waals surface area contributed by atoms with Crippen molar-refractivity contribution in [1.29, 1.82) is 0 Å². The Kier molecular flexibility index (Phi) is 7.87. The smallest absolute Gasteiger partial charge is 0.258 e. The predicted molar refractivity (Wildman–Crippen MR) is 152 cm³/mol. The lowest BCUT2D eigenvalue weighted by atomic mass is 10.1. The zero-order valence-corrected chi connectivity index (χ0v) is 22.8. The topological polar surface area (TPSA) is 74.9 Å². The first-order valence-electron chi connectivity index (χ1n) is 13.4. The number of carbonyl (C=O) groups excluding carboxylic acids is 2. The number of para-hydroxylation sites is 1. The van der Waals surface area contributed by atoms with E-state index in [1.807, 2.05) is 23.2 Å². The highest BCUT2D eigenvalue weighted by molar-refractivity contribution is 5.99. The van der Waals surface area contributed by atoms with Gasteiger partial charge in [0, 0.05) is 42.3 Å². The van der Waals surface area contributed by atoms with Crippen molar-refractivity contribution in [3.05, 3.63) is 95.2 Å². The average molecular weight is 526 g/mol. The van der Waals surface area contributed by atoms with Crippen LogP contribution in [0.3, 0.4) is 0 Å². The molecule has 1 aliphatic carbocycles. The van der Waals surface area contributed by atoms with Crippen molar-refractivity contribution in [3.8, 4) is 11.5 Å². The van der Waals surface area contributed by atoms with Crippen molar-refractivity contribution in [2.75, 3.05) is 27.3 Å². The van der Waals surface area contributed by atoms with Crippen molar-refractivity contribution in [2.24, 2.45) is 0 Å². The monoisotopic (exact) mass is 525 g/mol. The van der Waals surface area contributed by atoms with Gasteiger partial charge in [-0.15, -0.1) is 0 Å². The molecule has 0 radical (unpaired) electrons. The molecule has 0 spiro atoms. The minimum absolute atomic E-state index is 0.0262. The fourth-order valence-electron chi connectivity index (χ4n) is 4.93. The van der Waals surface area contributed by atoms with Crippen molar-refractivity contribution in [3.63, 3.8) is 0 Å². The molecule has 5 rings (SSSR count). The lowest BCUT2D eigenvalue weighted by molar-refractivity contribution is -0.132. The molecule has 0 atom stereocenters. The second-order valence-corrected chi connectivity index (χ2v) is 10.1. The Hall–Kier alpha value is -4.26. The van der Waals surface area contributed by atoms with Crippen molar-refractivity contribution in [2.45, 2.75) is 38.8 Å². The van der Waals surface area contributed by atoms with Gasteiger partial charge in [0.05, 0.1) is 19.8 Å². The van der Waals surface area contributed by atoms with E-state index in [9.17, 15) is 9.59 Å². The number of hydrogen-bond acceptors (Lipinski definition) is 4. The van der Waals surface area contributed by atoms with Crippen LogP contribution in [-0.4, -0.2) is 59.9 Å². The van der Waals surface area contributed by atoms with Crippen molar-refractivity contribution < 1.29 is 19.1 Å². The van der Waals surface area contributed by atoms with E-state index in [1.165, 1.54) is 23.6 Å². The maximum Gasteiger partial charge on any atom is 0.258 e. The lowest BCUT2D eigenvalue weighted by Crippen LogP contribution is -2.44. The Labute approximate surface area is 229 Å². The van der Waals surface area contributed by atoms with Crippen LogP contribution in [0.5, 0.6) is 11.5 Å². The summed E-state index contributed by atoms with van der Waals surface area (Å²) in [4.78, 5) is 34.4. The molecule has 7 heteroatoms. The Morgan fingerprint density at radius 3 is 2.46 bits per heavy atom. The van der Waals surface area contributed by atoms with Crippen LogP contribution >= 0.6 is 0 Å². The van der Waals surface area contributed by atoms with E-state index < -0.39 is 0 Å². The number of hydrogen-bond donors (Lipinski definition) is 1. The first-order chi connectivity index (χ1) is 19.0. The predicted octanol–water partition coefficient (Wildman–Crippen LogP) is 5.37. The van der Waals surface area contributed by atoms with Gasteiger partial charge in [0.25, 0.3) is 5.91 Å². The number of aryl methyl sites for hydroxylation is 1. The molecule has 0 saturated heterocycles. The third-order valence-electron chi connectivity index (χ3n) is 7.37. The number of fused-ring (bicyclic) bond motifs is 1. The number of carbonyl (C=O) groups is 2. The number of nitrogens with one attached hydrogen (secondary N) is 1. The summed E-state index contributed by atoms with van der Waals surface area (Å²) in [6.07, 6.45) is 4.52. The molecule has 202 valence electrons. The number of ether oxygens (including phenoxy) is 2. The van der Waals surface area contributed by atoms with Crippen LogP contribution in [0.1, 0.15) is 39.9 Å². The van der Waals surface area contributed by atoms with Crippen LogP contribution in [-0.2, 0) is 17.8 Å². The van der Waals surface area contributed by atoms with E-state index in [4.69, 9.17) is 9.47 Å². The zero-order valence-electron chi connectivity index (χ0n) is 22.8. The van der Waals surface area contributed by atoms with Gasteiger partial charge in [-0.2, -0.15) is 0 Å². The van der Waals surface area contributed by atoms with E-state index in [-0.39, 0.29) is 24.4 Å². The molecule has 1 aromatic heterocycles. The van der Waals surface area contributed by atoms with Crippen LogP contribution in [0.25, 0.3) is 10.9 Å². The second-order valence-electron chi connectivity index (χ2n) is 10.1. The quantitative estimate of drug-likeness (QED) is 0.286. The number of aromatic amines is 1. The van der Waals surface area contributed by atoms with Gasteiger partial charge in [0.15, 0.2) is 0 Å². The summed E-state index contributed by atoms with van der Waals surface area (Å²) < 4.78 is 10.8. The number of benzene rings is 3. The molecule has 0 aliphatic heterocycles. The fraction of sp³-hybridized carbons (Fsp3) is 0.312. The molecule has 1 fully saturated rings. The van der Waals surface area contributed by atoms with Gasteiger partial charge in [-0.25, -0.2) is 0 Å². The first kappa shape index (κ1) is 26.4. The van der Waals surface area contributed by atoms with E-state index in [2.05, 4.69) is 48.3 Å². The summed E-state index contributed by atoms with van der Waals surface area (Å²) in [7, 11) is 3.11. The largest absolute Gasteiger partial charge is 0.497 e. The van der Waals surface area contributed by atoms with Gasteiger partial charge in [0.2, 0.25) is 5.91 Å². The maximum atomic E-state index is 13.8. The Morgan fingerprint density at radius 2 is 1.74 bits per heavy atom. The van der Waals surface area contributed by atoms with Crippen LogP contribution in [0.4, 0.5) is 0 Å². The standard InChI is InChI=1S/C32H35N3O4/c1-22-8-10-23(11-9-22)20-34(17-16-24-19-33-29-7-5-4-6-27(24)29)31(36)21-35(25-12-13-25)32(37)28-15-14-26(38-2)18-30(28)39-3/h4-11,14-15,18-19,25,33H,12-13,16-17,20-21H2,1-3H3. The minimum atomic E-state index is -0.197. The Morgan fingerprint density at radius 1 is 0.974 bits per heavy atom. The molecule has 2 amide bonds. The van der Waals surface area contributed by atoms with E-state index in [0.717, 1.165) is 23.9 Å². The molecule has 0 bridgehead atoms. The lowest BCUT2D eigenvalue weighted by Gasteiger charge is -2.28. The SMILES string of the molecule is COc1ccc(C(=O)N(CC(=O)N(CCc2c[nH]c3ccccc23)Cc2ccc(C)cc2)C2CC2)c(OC)c1. The van der Waals surface area contributed by atoms with Gasteiger partial charge in [-0.05, 0) is 55.5 Å². The highest BCUT2D eigenvalue weighted by Gasteiger charge is 2.36. The van der Waals surface area contributed by atoms with E-state index in [0.29, 0.717) is 36.6 Å². The van der Waals surface area contributed by atoms with Crippen molar-refractivity contribution in [1.82, 2.24) is 14.8 Å². The number of nitrogens with zero attached hydrogens (tertiary/aromatic N) is 2. The minimum Gasteiger partial charge on any atom is -0.497 e. The van der Waals surface area contributed by atoms with Crippen LogP contribution in [0.2, 0.25) is 0 Å². The number of amides is 2. The first-order valence-corrected chi connectivity index (χ1v) is 13.4. The van der Waals surface area contributed by atoms with Gasteiger partial charge < -0.3 is 24.3 Å². The summed E-state index contributed by atoms with van der Waals surface area (Å²) >= 11 is 0. The molecule has 4 aromatic rings. The summed E-state index contributed by atoms with van der Waals surface area (Å²) in [5.74, 6) is 0.785. The number of H-pyrrole nitrogens is 1. The molecule has 1 N–H and O–H groups in total. The van der Waals surface area contributed by atoms with Crippen molar-refractivity contribution >= 4 is 22.7 Å². The van der Waals surface area contributed by atoms with Gasteiger partial charge >= 0.3 is 0 Å². The summed E-state index contributed by atoms with van der Waals surface area (Å²) in [6.45, 7) is 3.11. The molecule has 1 aliphatic rings. The number of methoxy groups -OCH3 is 2. The normalized spacial score (nSPS) is 12.8. The summed E-state index contributed by atoms with van der Waals surface area (Å²) in [6, 6.07) is 21.7. The molecule has 7 nitrogen and oxygen atoms in total.